The van der Waals surface area contributed by atoms with Gasteiger partial charge in [0.2, 0.25) is 0 Å². The maximum atomic E-state index is 6.29. The van der Waals surface area contributed by atoms with Gasteiger partial charge in [0.1, 0.15) is 28.8 Å². The molecule has 52 heavy (non-hydrogen) atoms. The molecule has 0 fully saturated rings. The molecular formula is C46H28N4O2. The van der Waals surface area contributed by atoms with Crippen LogP contribution in [-0.2, 0) is 0 Å². The fraction of sp³-hybridized carbons (Fsp3) is 0.0217. The molecular weight excluding hydrogens is 641 g/mol. The molecule has 1 atom stereocenters. The SMILES string of the molecule is c1ccc2cc(C3N=C(c4cccc5oc6ccccc6c45)N=C(c4cccc5c(-c6cncc7oc8ccccc8c67)cccc45)N3)ccc2c1. The number of hydrogen-bond donors (Lipinski definition) is 1. The Morgan fingerprint density at radius 1 is 0.462 bits per heavy atom. The maximum absolute atomic E-state index is 6.29. The molecule has 0 aliphatic carbocycles. The quantitative estimate of drug-likeness (QED) is 0.202. The van der Waals surface area contributed by atoms with Gasteiger partial charge in [-0.25, -0.2) is 9.98 Å². The van der Waals surface area contributed by atoms with Crippen molar-refractivity contribution in [3.63, 3.8) is 0 Å². The first kappa shape index (κ1) is 28.8. The summed E-state index contributed by atoms with van der Waals surface area (Å²) >= 11 is 0. The van der Waals surface area contributed by atoms with Crippen molar-refractivity contribution < 1.29 is 8.83 Å². The van der Waals surface area contributed by atoms with E-state index in [0.717, 1.165) is 93.7 Å². The van der Waals surface area contributed by atoms with Gasteiger partial charge in [-0.3, -0.25) is 4.98 Å². The van der Waals surface area contributed by atoms with Crippen LogP contribution in [0.1, 0.15) is 22.9 Å². The number of para-hydroxylation sites is 2. The van der Waals surface area contributed by atoms with E-state index >= 15 is 0 Å². The van der Waals surface area contributed by atoms with Crippen LogP contribution in [0.3, 0.4) is 0 Å². The number of aromatic nitrogens is 1. The van der Waals surface area contributed by atoms with Crippen molar-refractivity contribution in [1.82, 2.24) is 10.3 Å². The molecule has 0 amide bonds. The number of furan rings is 2. The van der Waals surface area contributed by atoms with E-state index in [4.69, 9.17) is 18.8 Å². The van der Waals surface area contributed by atoms with Crippen molar-refractivity contribution in [3.8, 4) is 11.1 Å². The standard InChI is InChI=1S/C46H28N4O2/c1-2-11-28-24-29(23-22-27(28)10-1)44-48-45(50-46(49-44)36-18-9-21-40-42(36)34-12-3-5-19-38(34)51-40)33-17-8-14-30-31(33)15-7-16-32(30)37-25-47-26-41-43(37)35-13-4-6-20-39(35)52-41/h1-26,44H,(H,48,49,50). The monoisotopic (exact) mass is 668 g/mol. The van der Waals surface area contributed by atoms with Crippen molar-refractivity contribution in [2.24, 2.45) is 9.98 Å². The second-order valence-electron chi connectivity index (χ2n) is 13.2. The number of nitrogens with zero attached hydrogens (tertiary/aromatic N) is 3. The zero-order valence-electron chi connectivity index (χ0n) is 27.7. The Balaban J connectivity index is 1.13. The predicted octanol–water partition coefficient (Wildman–Crippen LogP) is 11.3. The smallest absolute Gasteiger partial charge is 0.160 e. The Kier molecular flexibility index (Phi) is 6.21. The van der Waals surface area contributed by atoms with Crippen LogP contribution in [0.4, 0.5) is 0 Å². The van der Waals surface area contributed by atoms with Crippen LogP contribution in [0.15, 0.2) is 177 Å². The average Bonchev–Trinajstić information content (AvgIpc) is 3.79. The maximum Gasteiger partial charge on any atom is 0.160 e. The highest BCUT2D eigenvalue weighted by atomic mass is 16.3. The Morgan fingerprint density at radius 2 is 1.08 bits per heavy atom. The van der Waals surface area contributed by atoms with Gasteiger partial charge in [-0.15, -0.1) is 0 Å². The first-order chi connectivity index (χ1) is 25.8. The molecule has 3 aromatic heterocycles. The number of aliphatic imine (C=N–C) groups is 2. The topological polar surface area (TPSA) is 75.9 Å². The summed E-state index contributed by atoms with van der Waals surface area (Å²) < 4.78 is 12.5. The molecule has 0 saturated heterocycles. The third-order valence-corrected chi connectivity index (χ3v) is 10.2. The van der Waals surface area contributed by atoms with Gasteiger partial charge >= 0.3 is 0 Å². The lowest BCUT2D eigenvalue weighted by molar-refractivity contribution is 0.667. The first-order valence-electron chi connectivity index (χ1n) is 17.4. The highest BCUT2D eigenvalue weighted by Gasteiger charge is 2.25. The molecule has 0 radical (unpaired) electrons. The lowest BCUT2D eigenvalue weighted by Crippen LogP contribution is -2.33. The van der Waals surface area contributed by atoms with Crippen LogP contribution in [0.5, 0.6) is 0 Å². The van der Waals surface area contributed by atoms with Crippen LogP contribution in [-0.4, -0.2) is 16.7 Å². The Labute approximate surface area is 297 Å². The second kappa shape index (κ2) is 11.2. The highest BCUT2D eigenvalue weighted by Crippen LogP contribution is 2.40. The number of amidine groups is 2. The summed E-state index contributed by atoms with van der Waals surface area (Å²) in [5.41, 5.74) is 8.34. The zero-order chi connectivity index (χ0) is 34.2. The average molecular weight is 669 g/mol. The van der Waals surface area contributed by atoms with E-state index in [9.17, 15) is 0 Å². The number of nitrogens with one attached hydrogen (secondary N) is 1. The van der Waals surface area contributed by atoms with E-state index < -0.39 is 0 Å². The van der Waals surface area contributed by atoms with Gasteiger partial charge in [0.15, 0.2) is 11.4 Å². The van der Waals surface area contributed by atoms with E-state index in [1.165, 1.54) is 5.39 Å². The van der Waals surface area contributed by atoms with E-state index in [2.05, 4.69) is 107 Å². The summed E-state index contributed by atoms with van der Waals surface area (Å²) in [6.45, 7) is 0. The van der Waals surface area contributed by atoms with Crippen LogP contribution in [0, 0.1) is 0 Å². The molecule has 7 aromatic carbocycles. The lowest BCUT2D eigenvalue weighted by atomic mass is 9.93. The molecule has 0 spiro atoms. The minimum Gasteiger partial charge on any atom is -0.456 e. The summed E-state index contributed by atoms with van der Waals surface area (Å²) in [5, 5.41) is 12.4. The fourth-order valence-corrected chi connectivity index (χ4v) is 7.85. The predicted molar refractivity (Wildman–Crippen MR) is 211 cm³/mol. The van der Waals surface area contributed by atoms with E-state index in [0.29, 0.717) is 5.84 Å². The molecule has 6 nitrogen and oxygen atoms in total. The van der Waals surface area contributed by atoms with Crippen molar-refractivity contribution in [1.29, 1.82) is 0 Å². The van der Waals surface area contributed by atoms with Gasteiger partial charge in [-0.2, -0.15) is 0 Å². The largest absolute Gasteiger partial charge is 0.456 e. The minimum absolute atomic E-state index is 0.380. The molecule has 1 N–H and O–H groups in total. The Hall–Kier alpha value is -7.05. The summed E-state index contributed by atoms with van der Waals surface area (Å²) in [6.07, 6.45) is 3.36. The molecule has 244 valence electrons. The summed E-state index contributed by atoms with van der Waals surface area (Å²) in [4.78, 5) is 15.2. The van der Waals surface area contributed by atoms with Crippen LogP contribution >= 0.6 is 0 Å². The molecule has 6 heteroatoms. The Morgan fingerprint density at radius 3 is 1.90 bits per heavy atom. The molecule has 4 heterocycles. The van der Waals surface area contributed by atoms with Crippen LogP contribution < -0.4 is 5.32 Å². The van der Waals surface area contributed by atoms with Crippen molar-refractivity contribution >= 4 is 77.1 Å². The van der Waals surface area contributed by atoms with Gasteiger partial charge < -0.3 is 14.2 Å². The van der Waals surface area contributed by atoms with Gasteiger partial charge in [0.25, 0.3) is 0 Å². The fourth-order valence-electron chi connectivity index (χ4n) is 7.85. The van der Waals surface area contributed by atoms with Gasteiger partial charge in [0.05, 0.1) is 6.20 Å². The van der Waals surface area contributed by atoms with E-state index in [1.807, 2.05) is 54.7 Å². The normalized spacial score (nSPS) is 14.7. The molecule has 1 unspecified atom stereocenters. The van der Waals surface area contributed by atoms with Crippen LogP contribution in [0.2, 0.25) is 0 Å². The van der Waals surface area contributed by atoms with E-state index in [-0.39, 0.29) is 6.17 Å². The first-order valence-corrected chi connectivity index (χ1v) is 17.4. The number of pyridine rings is 1. The molecule has 1 aliphatic heterocycles. The molecule has 11 rings (SSSR count). The molecule has 10 aromatic rings. The molecule has 0 bridgehead atoms. The van der Waals surface area contributed by atoms with Crippen molar-refractivity contribution in [2.75, 3.05) is 0 Å². The van der Waals surface area contributed by atoms with Gasteiger partial charge in [-0.05, 0) is 56.9 Å². The van der Waals surface area contributed by atoms with Crippen molar-refractivity contribution in [2.45, 2.75) is 6.17 Å². The number of rotatable bonds is 4. The summed E-state index contributed by atoms with van der Waals surface area (Å²) in [6, 6.07) is 50.2. The third kappa shape index (κ3) is 4.41. The van der Waals surface area contributed by atoms with Gasteiger partial charge in [-0.1, -0.05) is 121 Å². The summed E-state index contributed by atoms with van der Waals surface area (Å²) in [5.74, 6) is 1.40. The summed E-state index contributed by atoms with van der Waals surface area (Å²) in [7, 11) is 0. The van der Waals surface area contributed by atoms with Crippen LogP contribution in [0.25, 0.3) is 76.5 Å². The second-order valence-corrected chi connectivity index (χ2v) is 13.2. The highest BCUT2D eigenvalue weighted by molar-refractivity contribution is 6.24. The van der Waals surface area contributed by atoms with Crippen molar-refractivity contribution in [3.05, 3.63) is 175 Å². The van der Waals surface area contributed by atoms with E-state index in [1.54, 1.807) is 6.20 Å². The number of fused-ring (bicyclic) bond motifs is 8. The Bertz CT molecular complexity index is 3130. The number of benzene rings is 7. The molecule has 1 aliphatic rings. The number of hydrogen-bond acceptors (Lipinski definition) is 6. The lowest BCUT2D eigenvalue weighted by Gasteiger charge is -2.25. The molecule has 0 saturated carbocycles. The van der Waals surface area contributed by atoms with Gasteiger partial charge in [0, 0.05) is 44.4 Å². The minimum atomic E-state index is -0.380. The third-order valence-electron chi connectivity index (χ3n) is 10.2. The zero-order valence-corrected chi connectivity index (χ0v) is 27.7.